The Kier molecular flexibility index (Phi) is 6.35. The normalized spacial score (nSPS) is 18.3. The summed E-state index contributed by atoms with van der Waals surface area (Å²) < 4.78 is 10.4. The van der Waals surface area contributed by atoms with Crippen molar-refractivity contribution in [1.29, 1.82) is 0 Å². The molecule has 2 amide bonds. The molecule has 1 aromatic carbocycles. The number of hydrogen-bond acceptors (Lipinski definition) is 8. The van der Waals surface area contributed by atoms with Gasteiger partial charge >= 0.3 is 0 Å². The summed E-state index contributed by atoms with van der Waals surface area (Å²) in [6, 6.07) is 11.2. The van der Waals surface area contributed by atoms with E-state index in [2.05, 4.69) is 20.0 Å². The predicted octanol–water partition coefficient (Wildman–Crippen LogP) is 2.40. The summed E-state index contributed by atoms with van der Waals surface area (Å²) in [6.45, 7) is 4.93. The van der Waals surface area contributed by atoms with E-state index in [0.717, 1.165) is 22.8 Å². The lowest BCUT2D eigenvalue weighted by Gasteiger charge is -2.36. The Bertz CT molecular complexity index is 1190. The number of pyridine rings is 1. The number of amides is 2. The molecule has 2 aliphatic rings. The first-order valence-electron chi connectivity index (χ1n) is 11.8. The van der Waals surface area contributed by atoms with E-state index < -0.39 is 0 Å². The Labute approximate surface area is 203 Å². The molecule has 0 saturated carbocycles. The predicted molar refractivity (Wildman–Crippen MR) is 129 cm³/mol. The summed E-state index contributed by atoms with van der Waals surface area (Å²) in [5, 5.41) is 3.99. The van der Waals surface area contributed by atoms with Crippen LogP contribution in [0.15, 0.2) is 47.1 Å². The van der Waals surface area contributed by atoms with E-state index in [1.165, 1.54) is 0 Å². The maximum Gasteiger partial charge on any atom is 0.228 e. The lowest BCUT2D eigenvalue weighted by molar-refractivity contribution is -0.136. The number of anilines is 2. The van der Waals surface area contributed by atoms with Gasteiger partial charge in [-0.2, -0.15) is 4.98 Å². The number of hydrogen-bond donors (Lipinski definition) is 0. The third kappa shape index (κ3) is 4.68. The van der Waals surface area contributed by atoms with Gasteiger partial charge in [0.25, 0.3) is 0 Å². The lowest BCUT2D eigenvalue weighted by atomic mass is 10.1. The molecular weight excluding hydrogens is 448 g/mol. The second kappa shape index (κ2) is 9.73. The van der Waals surface area contributed by atoms with Crippen LogP contribution in [0.1, 0.15) is 19.2 Å². The minimum atomic E-state index is -0.323. The molecule has 4 heterocycles. The van der Waals surface area contributed by atoms with E-state index >= 15 is 0 Å². The average molecular weight is 477 g/mol. The number of aromatic nitrogens is 3. The molecule has 1 unspecified atom stereocenters. The minimum absolute atomic E-state index is 0.0240. The number of benzene rings is 1. The Morgan fingerprint density at radius 3 is 2.51 bits per heavy atom. The molecule has 2 aliphatic heterocycles. The molecule has 3 aromatic rings. The van der Waals surface area contributed by atoms with Crippen molar-refractivity contribution in [1.82, 2.24) is 20.0 Å². The van der Waals surface area contributed by atoms with Gasteiger partial charge in [0, 0.05) is 63.0 Å². The van der Waals surface area contributed by atoms with Crippen molar-refractivity contribution in [3.8, 4) is 17.1 Å². The molecule has 10 heteroatoms. The highest BCUT2D eigenvalue weighted by Gasteiger charge is 2.38. The zero-order chi connectivity index (χ0) is 24.4. The Morgan fingerprint density at radius 1 is 1.11 bits per heavy atom. The van der Waals surface area contributed by atoms with Gasteiger partial charge < -0.3 is 24.0 Å². The molecule has 10 nitrogen and oxygen atoms in total. The first kappa shape index (κ1) is 22.8. The zero-order valence-corrected chi connectivity index (χ0v) is 19.9. The smallest absolute Gasteiger partial charge is 0.228 e. The average Bonchev–Trinajstić information content (AvgIpc) is 3.55. The highest BCUT2D eigenvalue weighted by Crippen LogP contribution is 2.28. The van der Waals surface area contributed by atoms with Crippen molar-refractivity contribution in [3.63, 3.8) is 0 Å². The number of methoxy groups -OCH3 is 1. The molecule has 2 saturated heterocycles. The highest BCUT2D eigenvalue weighted by atomic mass is 16.5. The quantitative estimate of drug-likeness (QED) is 0.534. The van der Waals surface area contributed by atoms with Crippen molar-refractivity contribution in [2.24, 2.45) is 5.92 Å². The van der Waals surface area contributed by atoms with Crippen LogP contribution in [-0.4, -0.2) is 71.7 Å². The van der Waals surface area contributed by atoms with Gasteiger partial charge in [-0.25, -0.2) is 4.98 Å². The standard InChI is InChI=1S/C25H28N6O4/c1-3-22-27-24(28-35-22)17-4-9-21(26-15-17)29-10-12-30(13-11-29)25(33)18-14-23(32)31(16-18)19-5-7-20(34-2)8-6-19/h4-9,15,18H,3,10-14,16H2,1-2H3. The molecule has 1 atom stereocenters. The van der Waals surface area contributed by atoms with E-state index in [1.807, 2.05) is 48.2 Å². The number of carbonyl (C=O) groups is 2. The first-order valence-corrected chi connectivity index (χ1v) is 11.8. The first-order chi connectivity index (χ1) is 17.1. The molecule has 35 heavy (non-hydrogen) atoms. The van der Waals surface area contributed by atoms with Gasteiger partial charge in [0.15, 0.2) is 0 Å². The van der Waals surface area contributed by atoms with Crippen LogP contribution in [0.2, 0.25) is 0 Å². The van der Waals surface area contributed by atoms with Gasteiger partial charge in [-0.15, -0.1) is 0 Å². The van der Waals surface area contributed by atoms with Crippen LogP contribution < -0.4 is 14.5 Å². The molecular formula is C25H28N6O4. The second-order valence-corrected chi connectivity index (χ2v) is 8.69. The number of carbonyl (C=O) groups excluding carboxylic acids is 2. The van der Waals surface area contributed by atoms with Crippen molar-refractivity contribution in [2.75, 3.05) is 49.6 Å². The van der Waals surface area contributed by atoms with Crippen LogP contribution in [-0.2, 0) is 16.0 Å². The van der Waals surface area contributed by atoms with Gasteiger partial charge in [-0.3, -0.25) is 9.59 Å². The van der Waals surface area contributed by atoms with E-state index in [4.69, 9.17) is 9.26 Å². The Hall–Kier alpha value is -3.95. The molecule has 182 valence electrons. The fourth-order valence-corrected chi connectivity index (χ4v) is 4.52. The van der Waals surface area contributed by atoms with Crippen molar-refractivity contribution in [3.05, 3.63) is 48.5 Å². The van der Waals surface area contributed by atoms with Crippen LogP contribution in [0, 0.1) is 5.92 Å². The van der Waals surface area contributed by atoms with Crippen molar-refractivity contribution >= 4 is 23.3 Å². The fraction of sp³-hybridized carbons (Fsp3) is 0.400. The Balaban J connectivity index is 1.16. The maximum atomic E-state index is 13.2. The monoisotopic (exact) mass is 476 g/mol. The molecule has 0 radical (unpaired) electrons. The van der Waals surface area contributed by atoms with Gasteiger partial charge in [0.2, 0.25) is 23.5 Å². The molecule has 0 N–H and O–H groups in total. The number of piperazine rings is 1. The van der Waals surface area contributed by atoms with E-state index in [1.54, 1.807) is 18.2 Å². The molecule has 0 aliphatic carbocycles. The van der Waals surface area contributed by atoms with Gasteiger partial charge in [0.05, 0.1) is 13.0 Å². The summed E-state index contributed by atoms with van der Waals surface area (Å²) in [5.41, 5.74) is 1.59. The van der Waals surface area contributed by atoms with E-state index in [-0.39, 0.29) is 24.2 Å². The maximum absolute atomic E-state index is 13.2. The van der Waals surface area contributed by atoms with E-state index in [0.29, 0.717) is 50.9 Å². The largest absolute Gasteiger partial charge is 0.497 e. The van der Waals surface area contributed by atoms with Gasteiger partial charge in [-0.05, 0) is 36.4 Å². The van der Waals surface area contributed by atoms with Gasteiger partial charge in [0.1, 0.15) is 11.6 Å². The minimum Gasteiger partial charge on any atom is -0.497 e. The Morgan fingerprint density at radius 2 is 1.89 bits per heavy atom. The number of aryl methyl sites for hydroxylation is 1. The van der Waals surface area contributed by atoms with Crippen LogP contribution in [0.5, 0.6) is 5.75 Å². The fourth-order valence-electron chi connectivity index (χ4n) is 4.52. The highest BCUT2D eigenvalue weighted by molar-refractivity contribution is 6.00. The summed E-state index contributed by atoms with van der Waals surface area (Å²) >= 11 is 0. The van der Waals surface area contributed by atoms with E-state index in [9.17, 15) is 9.59 Å². The number of nitrogens with zero attached hydrogens (tertiary/aromatic N) is 6. The summed E-state index contributed by atoms with van der Waals surface area (Å²) in [7, 11) is 1.60. The molecule has 2 fully saturated rings. The van der Waals surface area contributed by atoms with Crippen LogP contribution >= 0.6 is 0 Å². The number of rotatable bonds is 6. The summed E-state index contributed by atoms with van der Waals surface area (Å²) in [5.74, 6) is 2.41. The van der Waals surface area contributed by atoms with Crippen molar-refractivity contribution in [2.45, 2.75) is 19.8 Å². The SMILES string of the molecule is CCc1nc(-c2ccc(N3CCN(C(=O)C4CC(=O)N(c5ccc(OC)cc5)C4)CC3)nc2)no1. The van der Waals surface area contributed by atoms with Gasteiger partial charge in [-0.1, -0.05) is 12.1 Å². The third-order valence-electron chi connectivity index (χ3n) is 6.55. The molecule has 2 aromatic heterocycles. The van der Waals surface area contributed by atoms with Crippen LogP contribution in [0.3, 0.4) is 0 Å². The summed E-state index contributed by atoms with van der Waals surface area (Å²) in [4.78, 5) is 40.4. The van der Waals surface area contributed by atoms with Crippen LogP contribution in [0.4, 0.5) is 11.5 Å². The lowest BCUT2D eigenvalue weighted by Crippen LogP contribution is -2.51. The summed E-state index contributed by atoms with van der Waals surface area (Å²) in [6.07, 6.45) is 2.68. The second-order valence-electron chi connectivity index (χ2n) is 8.69. The van der Waals surface area contributed by atoms with Crippen molar-refractivity contribution < 1.29 is 18.8 Å². The topological polar surface area (TPSA) is 105 Å². The number of ether oxygens (including phenoxy) is 1. The van der Waals surface area contributed by atoms with Crippen LogP contribution in [0.25, 0.3) is 11.4 Å². The molecule has 0 bridgehead atoms. The molecule has 5 rings (SSSR count). The zero-order valence-electron chi connectivity index (χ0n) is 19.9. The molecule has 0 spiro atoms. The third-order valence-corrected chi connectivity index (χ3v) is 6.55.